The zero-order chi connectivity index (χ0) is 15.2. The molecule has 0 saturated heterocycles. The van der Waals surface area contributed by atoms with E-state index in [9.17, 15) is 4.79 Å². The van der Waals surface area contributed by atoms with Crippen molar-refractivity contribution in [2.24, 2.45) is 0 Å². The molecule has 0 aliphatic carbocycles. The molecule has 0 spiro atoms. The third kappa shape index (κ3) is 3.66. The number of aryl methyl sites for hydroxylation is 1. The van der Waals surface area contributed by atoms with Gasteiger partial charge in [0.15, 0.2) is 0 Å². The maximum atomic E-state index is 12.1. The molecule has 4 nitrogen and oxygen atoms in total. The lowest BCUT2D eigenvalue weighted by atomic mass is 10.0. The molecule has 0 atom stereocenters. The number of hydrogen-bond donors (Lipinski definition) is 2. The summed E-state index contributed by atoms with van der Waals surface area (Å²) in [6, 6.07) is 5.93. The molecule has 21 heavy (non-hydrogen) atoms. The van der Waals surface area contributed by atoms with Crippen LogP contribution < -0.4 is 0 Å². The van der Waals surface area contributed by atoms with Gasteiger partial charge < -0.3 is 14.8 Å². The highest BCUT2D eigenvalue weighted by atomic mass is 79.9. The van der Waals surface area contributed by atoms with Crippen molar-refractivity contribution in [1.29, 1.82) is 0 Å². The van der Waals surface area contributed by atoms with Gasteiger partial charge in [-0.3, -0.25) is 0 Å². The molecule has 0 fully saturated rings. The van der Waals surface area contributed by atoms with E-state index in [-0.39, 0.29) is 12.6 Å². The molecule has 0 bridgehead atoms. The lowest BCUT2D eigenvalue weighted by Gasteiger charge is -2.04. The molecule has 114 valence electrons. The van der Waals surface area contributed by atoms with Crippen LogP contribution in [0.15, 0.2) is 22.7 Å². The van der Waals surface area contributed by atoms with Crippen LogP contribution in [0.5, 0.6) is 0 Å². The van der Waals surface area contributed by atoms with Crippen molar-refractivity contribution >= 4 is 32.8 Å². The number of rotatable bonds is 7. The monoisotopic (exact) mass is 353 g/mol. The van der Waals surface area contributed by atoms with Crippen molar-refractivity contribution in [2.45, 2.75) is 32.6 Å². The Kier molecular flexibility index (Phi) is 5.82. The summed E-state index contributed by atoms with van der Waals surface area (Å²) >= 11 is 3.51. The van der Waals surface area contributed by atoms with Gasteiger partial charge in [0.1, 0.15) is 5.69 Å². The Morgan fingerprint density at radius 1 is 1.33 bits per heavy atom. The lowest BCUT2D eigenvalue weighted by molar-refractivity contribution is 0.0519. The summed E-state index contributed by atoms with van der Waals surface area (Å²) in [5, 5.41) is 9.91. The van der Waals surface area contributed by atoms with Gasteiger partial charge in [0, 0.05) is 16.5 Å². The number of benzene rings is 1. The highest BCUT2D eigenvalue weighted by Crippen LogP contribution is 2.30. The van der Waals surface area contributed by atoms with Crippen LogP contribution in [0.2, 0.25) is 0 Å². The number of halogens is 1. The Morgan fingerprint density at radius 3 is 2.86 bits per heavy atom. The minimum Gasteiger partial charge on any atom is -0.461 e. The van der Waals surface area contributed by atoms with Crippen LogP contribution in [0, 0.1) is 0 Å². The summed E-state index contributed by atoms with van der Waals surface area (Å²) in [4.78, 5) is 15.3. The highest BCUT2D eigenvalue weighted by molar-refractivity contribution is 9.10. The number of fused-ring (bicyclic) bond motifs is 1. The topological polar surface area (TPSA) is 62.3 Å². The number of H-pyrrole nitrogens is 1. The van der Waals surface area contributed by atoms with Gasteiger partial charge in [-0.15, -0.1) is 0 Å². The fourth-order valence-electron chi connectivity index (χ4n) is 2.47. The Hall–Kier alpha value is -1.33. The standard InChI is InChI=1S/C16H20BrNO3/c1-2-21-16(20)15-12(7-4-3-5-10-19)11-8-6-9-13(17)14(11)18-15/h6,8-9,18-19H,2-5,7,10H2,1H3. The quantitative estimate of drug-likeness (QED) is 0.587. The second-order valence-electron chi connectivity index (χ2n) is 4.90. The number of carbonyl (C=O) groups is 1. The van der Waals surface area contributed by atoms with E-state index in [1.807, 2.05) is 18.2 Å². The number of para-hydroxylation sites is 1. The number of carbonyl (C=O) groups excluding carboxylic acids is 1. The number of nitrogens with one attached hydrogen (secondary N) is 1. The summed E-state index contributed by atoms with van der Waals surface area (Å²) in [7, 11) is 0. The van der Waals surface area contributed by atoms with Crippen molar-refractivity contribution < 1.29 is 14.6 Å². The number of unbranched alkanes of at least 4 members (excludes halogenated alkanes) is 2. The smallest absolute Gasteiger partial charge is 0.355 e. The van der Waals surface area contributed by atoms with Gasteiger partial charge >= 0.3 is 5.97 Å². The first-order valence-electron chi connectivity index (χ1n) is 7.26. The molecule has 0 amide bonds. The maximum Gasteiger partial charge on any atom is 0.355 e. The maximum absolute atomic E-state index is 12.1. The Labute approximate surface area is 132 Å². The number of esters is 1. The minimum atomic E-state index is -0.308. The molecule has 1 heterocycles. The zero-order valence-electron chi connectivity index (χ0n) is 12.1. The molecular weight excluding hydrogens is 334 g/mol. The summed E-state index contributed by atoms with van der Waals surface area (Å²) < 4.78 is 6.08. The van der Waals surface area contributed by atoms with Crippen LogP contribution in [0.3, 0.4) is 0 Å². The van der Waals surface area contributed by atoms with E-state index >= 15 is 0 Å². The molecule has 2 aromatic rings. The average Bonchev–Trinajstić information content (AvgIpc) is 2.84. The fraction of sp³-hybridized carbons (Fsp3) is 0.438. The predicted octanol–water partition coefficient (Wildman–Crippen LogP) is 3.81. The SMILES string of the molecule is CCOC(=O)c1[nH]c2c(Br)cccc2c1CCCCCO. The van der Waals surface area contributed by atoms with Crippen LogP contribution in [0.1, 0.15) is 42.2 Å². The molecule has 0 aliphatic rings. The minimum absolute atomic E-state index is 0.212. The van der Waals surface area contributed by atoms with Crippen molar-refractivity contribution in [2.75, 3.05) is 13.2 Å². The lowest BCUT2D eigenvalue weighted by Crippen LogP contribution is -2.08. The molecule has 0 radical (unpaired) electrons. The molecule has 2 rings (SSSR count). The number of aliphatic hydroxyl groups excluding tert-OH is 1. The van der Waals surface area contributed by atoms with Gasteiger partial charge in [-0.1, -0.05) is 18.6 Å². The van der Waals surface area contributed by atoms with Crippen LogP contribution in [-0.4, -0.2) is 29.3 Å². The van der Waals surface area contributed by atoms with Gasteiger partial charge in [0.05, 0.1) is 12.1 Å². The van der Waals surface area contributed by atoms with E-state index in [4.69, 9.17) is 9.84 Å². The second-order valence-corrected chi connectivity index (χ2v) is 5.75. The normalized spacial score (nSPS) is 11.0. The van der Waals surface area contributed by atoms with Crippen molar-refractivity contribution in [3.63, 3.8) is 0 Å². The summed E-state index contributed by atoms with van der Waals surface area (Å²) in [6.45, 7) is 2.38. The van der Waals surface area contributed by atoms with Crippen LogP contribution >= 0.6 is 15.9 Å². The van der Waals surface area contributed by atoms with E-state index in [0.717, 1.165) is 46.6 Å². The van der Waals surface area contributed by atoms with Crippen molar-refractivity contribution in [3.05, 3.63) is 33.9 Å². The first kappa shape index (κ1) is 16.0. The van der Waals surface area contributed by atoms with Gasteiger partial charge in [0.2, 0.25) is 0 Å². The van der Waals surface area contributed by atoms with Gasteiger partial charge in [-0.05, 0) is 53.7 Å². The molecule has 1 aromatic carbocycles. The zero-order valence-corrected chi connectivity index (χ0v) is 13.7. The van der Waals surface area contributed by atoms with E-state index in [2.05, 4.69) is 20.9 Å². The molecule has 5 heteroatoms. The third-order valence-corrected chi connectivity index (χ3v) is 4.12. The number of aromatic nitrogens is 1. The van der Waals surface area contributed by atoms with Crippen molar-refractivity contribution in [1.82, 2.24) is 4.98 Å². The Morgan fingerprint density at radius 2 is 2.14 bits per heavy atom. The number of ether oxygens (including phenoxy) is 1. The third-order valence-electron chi connectivity index (χ3n) is 3.45. The van der Waals surface area contributed by atoms with Crippen LogP contribution in [0.25, 0.3) is 10.9 Å². The van der Waals surface area contributed by atoms with E-state index in [1.165, 1.54) is 0 Å². The predicted molar refractivity (Wildman–Crippen MR) is 86.6 cm³/mol. The fourth-order valence-corrected chi connectivity index (χ4v) is 2.93. The highest BCUT2D eigenvalue weighted by Gasteiger charge is 2.19. The number of aliphatic hydroxyl groups is 1. The average molecular weight is 354 g/mol. The summed E-state index contributed by atoms with van der Waals surface area (Å²) in [5.74, 6) is -0.308. The molecule has 1 aromatic heterocycles. The molecule has 0 aliphatic heterocycles. The molecule has 0 unspecified atom stereocenters. The second kappa shape index (κ2) is 7.61. The molecular formula is C16H20BrNO3. The van der Waals surface area contributed by atoms with Crippen LogP contribution in [-0.2, 0) is 11.2 Å². The van der Waals surface area contributed by atoms with Crippen LogP contribution in [0.4, 0.5) is 0 Å². The number of hydrogen-bond acceptors (Lipinski definition) is 3. The first-order valence-corrected chi connectivity index (χ1v) is 8.05. The Bertz CT molecular complexity index is 621. The number of aromatic amines is 1. The Balaban J connectivity index is 2.35. The van der Waals surface area contributed by atoms with E-state index < -0.39 is 0 Å². The largest absolute Gasteiger partial charge is 0.461 e. The summed E-state index contributed by atoms with van der Waals surface area (Å²) in [6.07, 6.45) is 3.47. The summed E-state index contributed by atoms with van der Waals surface area (Å²) in [5.41, 5.74) is 2.48. The molecule has 2 N–H and O–H groups in total. The van der Waals surface area contributed by atoms with Crippen molar-refractivity contribution in [3.8, 4) is 0 Å². The molecule has 0 saturated carbocycles. The van der Waals surface area contributed by atoms with Gasteiger partial charge in [0.25, 0.3) is 0 Å². The first-order chi connectivity index (χ1) is 10.2. The van der Waals surface area contributed by atoms with Gasteiger partial charge in [-0.25, -0.2) is 4.79 Å². The van der Waals surface area contributed by atoms with E-state index in [1.54, 1.807) is 6.92 Å². The van der Waals surface area contributed by atoms with E-state index in [0.29, 0.717) is 12.3 Å². The van der Waals surface area contributed by atoms with Gasteiger partial charge in [-0.2, -0.15) is 0 Å².